The lowest BCUT2D eigenvalue weighted by Gasteiger charge is -2.17. The first-order chi connectivity index (χ1) is 14.1. The van der Waals surface area contributed by atoms with E-state index in [0.717, 1.165) is 18.2 Å². The number of carbonyl (C=O) groups is 2. The van der Waals surface area contributed by atoms with E-state index in [-0.39, 0.29) is 29.6 Å². The Morgan fingerprint density at radius 1 is 1.10 bits per heavy atom. The molecule has 0 aliphatic carbocycles. The second-order valence-electron chi connectivity index (χ2n) is 8.10. The highest BCUT2D eigenvalue weighted by molar-refractivity contribution is 5.93. The fourth-order valence-electron chi connectivity index (χ4n) is 2.83. The first-order valence-electron chi connectivity index (χ1n) is 9.67. The van der Waals surface area contributed by atoms with E-state index in [0.29, 0.717) is 29.7 Å². The highest BCUT2D eigenvalue weighted by atomic mass is 19.1. The van der Waals surface area contributed by atoms with E-state index < -0.39 is 17.0 Å². The molecule has 2 amide bonds. The molecular formula is C22H24F2N4O2. The van der Waals surface area contributed by atoms with Crippen LogP contribution in [0, 0.1) is 17.0 Å². The number of amides is 2. The zero-order chi connectivity index (χ0) is 21.9. The van der Waals surface area contributed by atoms with Gasteiger partial charge in [-0.1, -0.05) is 20.8 Å². The Balaban J connectivity index is 1.61. The molecule has 1 aromatic heterocycles. The van der Waals surface area contributed by atoms with Crippen molar-refractivity contribution >= 4 is 28.5 Å². The van der Waals surface area contributed by atoms with Crippen LogP contribution in [0.5, 0.6) is 0 Å². The summed E-state index contributed by atoms with van der Waals surface area (Å²) in [6.07, 6.45) is 0.772. The molecule has 0 aliphatic rings. The van der Waals surface area contributed by atoms with Crippen molar-refractivity contribution in [2.45, 2.75) is 33.6 Å². The minimum absolute atomic E-state index is 0.0362. The van der Waals surface area contributed by atoms with Crippen molar-refractivity contribution in [3.63, 3.8) is 0 Å². The number of anilines is 1. The molecule has 0 fully saturated rings. The number of fused-ring (bicyclic) bond motifs is 1. The van der Waals surface area contributed by atoms with Crippen LogP contribution < -0.4 is 10.6 Å². The molecule has 8 heteroatoms. The molecule has 0 saturated carbocycles. The number of H-pyrrole nitrogens is 1. The van der Waals surface area contributed by atoms with Gasteiger partial charge in [0, 0.05) is 24.1 Å². The molecule has 6 nitrogen and oxygen atoms in total. The minimum atomic E-state index is -0.581. The van der Waals surface area contributed by atoms with Crippen LogP contribution in [0.25, 0.3) is 22.4 Å². The highest BCUT2D eigenvalue weighted by Crippen LogP contribution is 2.25. The van der Waals surface area contributed by atoms with Crippen LogP contribution in [0.3, 0.4) is 0 Å². The standard InChI is InChI=1S/C22H24F2N4O2/c1-22(2,3)21(30)25-10-4-5-19(29)26-14-7-9-17-18(12-14)28-20(27-17)15-11-13(23)6-8-16(15)24/h6-9,11-12H,4-5,10H2,1-3H3,(H,25,30)(H,26,29)(H,27,28). The summed E-state index contributed by atoms with van der Waals surface area (Å²) in [4.78, 5) is 31.2. The largest absolute Gasteiger partial charge is 0.356 e. The molecule has 0 atom stereocenters. The summed E-state index contributed by atoms with van der Waals surface area (Å²) in [6.45, 7) is 5.91. The maximum Gasteiger partial charge on any atom is 0.225 e. The van der Waals surface area contributed by atoms with Gasteiger partial charge in [0.2, 0.25) is 11.8 Å². The maximum atomic E-state index is 14.0. The number of rotatable bonds is 6. The number of hydrogen-bond donors (Lipinski definition) is 3. The number of nitrogens with zero attached hydrogens (tertiary/aromatic N) is 1. The van der Waals surface area contributed by atoms with Crippen LogP contribution in [0.2, 0.25) is 0 Å². The zero-order valence-electron chi connectivity index (χ0n) is 17.1. The molecule has 158 valence electrons. The molecule has 0 bridgehead atoms. The van der Waals surface area contributed by atoms with Crippen molar-refractivity contribution in [1.82, 2.24) is 15.3 Å². The van der Waals surface area contributed by atoms with Crippen molar-refractivity contribution in [3.8, 4) is 11.4 Å². The summed E-state index contributed by atoms with van der Waals surface area (Å²) in [5.74, 6) is -1.17. The summed E-state index contributed by atoms with van der Waals surface area (Å²) < 4.78 is 27.4. The van der Waals surface area contributed by atoms with Gasteiger partial charge >= 0.3 is 0 Å². The van der Waals surface area contributed by atoms with Crippen molar-refractivity contribution in [2.24, 2.45) is 5.41 Å². The normalized spacial score (nSPS) is 11.5. The molecule has 0 unspecified atom stereocenters. The lowest BCUT2D eigenvalue weighted by atomic mass is 9.96. The number of imidazole rings is 1. The van der Waals surface area contributed by atoms with Gasteiger partial charge in [-0.15, -0.1) is 0 Å². The number of benzene rings is 2. The van der Waals surface area contributed by atoms with Gasteiger partial charge in [0.15, 0.2) is 0 Å². The van der Waals surface area contributed by atoms with Crippen LogP contribution in [-0.2, 0) is 9.59 Å². The molecule has 0 aliphatic heterocycles. The van der Waals surface area contributed by atoms with Gasteiger partial charge in [-0.25, -0.2) is 13.8 Å². The minimum Gasteiger partial charge on any atom is -0.356 e. The average molecular weight is 414 g/mol. The number of aromatic amines is 1. The quantitative estimate of drug-likeness (QED) is 0.523. The Hall–Kier alpha value is -3.29. The number of hydrogen-bond acceptors (Lipinski definition) is 3. The Bertz CT molecular complexity index is 1090. The van der Waals surface area contributed by atoms with Crippen LogP contribution in [-0.4, -0.2) is 28.3 Å². The van der Waals surface area contributed by atoms with Crippen LogP contribution in [0.4, 0.5) is 14.5 Å². The maximum absolute atomic E-state index is 14.0. The van der Waals surface area contributed by atoms with E-state index in [1.165, 1.54) is 0 Å². The average Bonchev–Trinajstić information content (AvgIpc) is 3.09. The van der Waals surface area contributed by atoms with Crippen LogP contribution in [0.15, 0.2) is 36.4 Å². The first kappa shape index (κ1) is 21.4. The van der Waals surface area contributed by atoms with Gasteiger partial charge < -0.3 is 15.6 Å². The predicted molar refractivity (Wildman–Crippen MR) is 112 cm³/mol. The molecule has 2 aromatic carbocycles. The third kappa shape index (κ3) is 5.20. The van der Waals surface area contributed by atoms with E-state index in [9.17, 15) is 18.4 Å². The summed E-state index contributed by atoms with van der Waals surface area (Å²) in [5, 5.41) is 5.59. The highest BCUT2D eigenvalue weighted by Gasteiger charge is 2.20. The van der Waals surface area contributed by atoms with E-state index >= 15 is 0 Å². The Morgan fingerprint density at radius 3 is 2.60 bits per heavy atom. The summed E-state index contributed by atoms with van der Waals surface area (Å²) in [7, 11) is 0. The molecule has 3 rings (SSSR count). The fourth-order valence-corrected chi connectivity index (χ4v) is 2.83. The number of halogens is 2. The fraction of sp³-hybridized carbons (Fsp3) is 0.318. The van der Waals surface area contributed by atoms with Gasteiger partial charge in [0.1, 0.15) is 17.5 Å². The van der Waals surface area contributed by atoms with Gasteiger partial charge in [0.05, 0.1) is 16.6 Å². The molecular weight excluding hydrogens is 390 g/mol. The van der Waals surface area contributed by atoms with Crippen LogP contribution in [0.1, 0.15) is 33.6 Å². The lowest BCUT2D eigenvalue weighted by Crippen LogP contribution is -2.35. The monoisotopic (exact) mass is 414 g/mol. The topological polar surface area (TPSA) is 86.9 Å². The third-order valence-electron chi connectivity index (χ3n) is 4.50. The van der Waals surface area contributed by atoms with Gasteiger partial charge in [-0.05, 0) is 42.8 Å². The van der Waals surface area contributed by atoms with Crippen LogP contribution >= 0.6 is 0 Å². The zero-order valence-corrected chi connectivity index (χ0v) is 17.1. The molecule has 30 heavy (non-hydrogen) atoms. The van der Waals surface area contributed by atoms with Gasteiger partial charge in [-0.3, -0.25) is 9.59 Å². The smallest absolute Gasteiger partial charge is 0.225 e. The van der Waals surface area contributed by atoms with Crippen molar-refractivity contribution in [3.05, 3.63) is 48.0 Å². The van der Waals surface area contributed by atoms with Crippen molar-refractivity contribution in [2.75, 3.05) is 11.9 Å². The molecule has 3 aromatic rings. The second-order valence-corrected chi connectivity index (χ2v) is 8.10. The number of nitrogens with one attached hydrogen (secondary N) is 3. The van der Waals surface area contributed by atoms with E-state index in [4.69, 9.17) is 0 Å². The SMILES string of the molecule is CC(C)(C)C(=O)NCCCC(=O)Nc1ccc2nc(-c3cc(F)ccc3F)[nH]c2c1. The van der Waals surface area contributed by atoms with Gasteiger partial charge in [-0.2, -0.15) is 0 Å². The van der Waals surface area contributed by atoms with Gasteiger partial charge in [0.25, 0.3) is 0 Å². The summed E-state index contributed by atoms with van der Waals surface area (Å²) >= 11 is 0. The summed E-state index contributed by atoms with van der Waals surface area (Å²) in [6, 6.07) is 8.23. The Kier molecular flexibility index (Phi) is 6.14. The first-order valence-corrected chi connectivity index (χ1v) is 9.67. The van der Waals surface area contributed by atoms with Crippen molar-refractivity contribution in [1.29, 1.82) is 0 Å². The molecule has 1 heterocycles. The molecule has 0 radical (unpaired) electrons. The lowest BCUT2D eigenvalue weighted by molar-refractivity contribution is -0.128. The predicted octanol–water partition coefficient (Wildman–Crippen LogP) is 4.39. The van der Waals surface area contributed by atoms with E-state index in [2.05, 4.69) is 20.6 Å². The van der Waals surface area contributed by atoms with E-state index in [1.54, 1.807) is 18.2 Å². The molecule has 3 N–H and O–H groups in total. The van der Waals surface area contributed by atoms with Crippen molar-refractivity contribution < 1.29 is 18.4 Å². The Morgan fingerprint density at radius 2 is 1.87 bits per heavy atom. The van der Waals surface area contributed by atoms with E-state index in [1.807, 2.05) is 20.8 Å². The summed E-state index contributed by atoms with van der Waals surface area (Å²) in [5.41, 5.74) is 1.28. The number of carbonyl (C=O) groups excluding carboxylic acids is 2. The number of aromatic nitrogens is 2. The second kappa shape index (κ2) is 8.61. The molecule has 0 saturated heterocycles. The third-order valence-corrected chi connectivity index (χ3v) is 4.50. The Labute approximate surface area is 173 Å². The molecule has 0 spiro atoms.